The third-order valence-electron chi connectivity index (χ3n) is 5.17. The van der Waals surface area contributed by atoms with E-state index >= 15 is 0 Å². The van der Waals surface area contributed by atoms with E-state index in [0.717, 1.165) is 34.8 Å². The smallest absolute Gasteiger partial charge is 0.182 e. The van der Waals surface area contributed by atoms with Gasteiger partial charge >= 0.3 is 0 Å². The first kappa shape index (κ1) is 9.46. The van der Waals surface area contributed by atoms with Crippen LogP contribution < -0.4 is 5.32 Å². The van der Waals surface area contributed by atoms with Crippen LogP contribution in [-0.4, -0.2) is 11.0 Å². The van der Waals surface area contributed by atoms with Crippen molar-refractivity contribution in [2.75, 3.05) is 5.32 Å². The Morgan fingerprint density at radius 1 is 1.19 bits per heavy atom. The molecule has 1 N–H and O–H groups in total. The molecule has 1 heterocycles. The van der Waals surface area contributed by atoms with Gasteiger partial charge < -0.3 is 5.32 Å². The zero-order chi connectivity index (χ0) is 10.5. The summed E-state index contributed by atoms with van der Waals surface area (Å²) in [5.74, 6) is 4.15. The Morgan fingerprint density at radius 2 is 2.12 bits per heavy atom. The van der Waals surface area contributed by atoms with Crippen molar-refractivity contribution in [1.82, 2.24) is 4.98 Å². The molecule has 0 radical (unpaired) electrons. The third-order valence-corrected chi connectivity index (χ3v) is 5.87. The molecule has 3 heteroatoms. The van der Waals surface area contributed by atoms with Gasteiger partial charge in [-0.05, 0) is 49.4 Å². The molecule has 0 aromatic carbocycles. The molecule has 0 spiro atoms. The maximum Gasteiger partial charge on any atom is 0.182 e. The van der Waals surface area contributed by atoms with Gasteiger partial charge in [-0.25, -0.2) is 4.98 Å². The number of thiazole rings is 1. The lowest BCUT2D eigenvalue weighted by Gasteiger charge is -2.31. The van der Waals surface area contributed by atoms with Crippen LogP contribution in [0.4, 0.5) is 5.13 Å². The van der Waals surface area contributed by atoms with E-state index in [1.165, 1.54) is 32.1 Å². The molecule has 0 amide bonds. The zero-order valence-electron chi connectivity index (χ0n) is 9.43. The summed E-state index contributed by atoms with van der Waals surface area (Å²) in [7, 11) is 0. The van der Waals surface area contributed by atoms with Crippen LogP contribution in [0.3, 0.4) is 0 Å². The van der Waals surface area contributed by atoms with E-state index in [2.05, 4.69) is 15.7 Å². The molecule has 5 atom stereocenters. The second-order valence-corrected chi connectivity index (χ2v) is 6.64. The predicted molar refractivity (Wildman–Crippen MR) is 66.6 cm³/mol. The Hall–Kier alpha value is -0.570. The molecule has 3 aliphatic carbocycles. The van der Waals surface area contributed by atoms with E-state index in [0.29, 0.717) is 0 Å². The van der Waals surface area contributed by atoms with Gasteiger partial charge in [-0.2, -0.15) is 0 Å². The molecular weight excluding hydrogens is 216 g/mol. The summed E-state index contributed by atoms with van der Waals surface area (Å²) in [4.78, 5) is 4.36. The maximum atomic E-state index is 4.36. The standard InChI is InChI=1S/C13H18N2S/c1-2-9-8-6-11(10(9)3-1)12(7-8)15-13-14-4-5-16-13/h4-5,8-12H,1-3,6-7H2,(H,14,15). The summed E-state index contributed by atoms with van der Waals surface area (Å²) in [6.45, 7) is 0. The van der Waals surface area contributed by atoms with E-state index in [1.807, 2.05) is 6.20 Å². The van der Waals surface area contributed by atoms with Gasteiger partial charge in [0.1, 0.15) is 0 Å². The summed E-state index contributed by atoms with van der Waals surface area (Å²) in [5, 5.41) is 6.87. The largest absolute Gasteiger partial charge is 0.358 e. The first-order chi connectivity index (χ1) is 7.92. The highest BCUT2D eigenvalue weighted by Crippen LogP contribution is 2.59. The fourth-order valence-corrected chi connectivity index (χ4v) is 5.28. The number of nitrogens with zero attached hydrogens (tertiary/aromatic N) is 1. The van der Waals surface area contributed by atoms with Gasteiger partial charge in [0.25, 0.3) is 0 Å². The van der Waals surface area contributed by atoms with Crippen molar-refractivity contribution in [3.63, 3.8) is 0 Å². The molecule has 16 heavy (non-hydrogen) atoms. The fraction of sp³-hybridized carbons (Fsp3) is 0.769. The Bertz CT molecular complexity index is 375. The molecule has 5 unspecified atom stereocenters. The van der Waals surface area contributed by atoms with E-state index in [1.54, 1.807) is 11.3 Å². The number of hydrogen-bond acceptors (Lipinski definition) is 3. The van der Waals surface area contributed by atoms with Gasteiger partial charge in [0.2, 0.25) is 0 Å². The number of nitrogens with one attached hydrogen (secondary N) is 1. The van der Waals surface area contributed by atoms with Crippen LogP contribution >= 0.6 is 11.3 Å². The van der Waals surface area contributed by atoms with Crippen LogP contribution in [0.15, 0.2) is 11.6 Å². The lowest BCUT2D eigenvalue weighted by Crippen LogP contribution is -2.33. The Morgan fingerprint density at radius 3 is 3.00 bits per heavy atom. The quantitative estimate of drug-likeness (QED) is 0.848. The van der Waals surface area contributed by atoms with Crippen molar-refractivity contribution < 1.29 is 0 Å². The van der Waals surface area contributed by atoms with Crippen molar-refractivity contribution in [1.29, 1.82) is 0 Å². The molecule has 1 aromatic rings. The first-order valence-corrected chi connectivity index (χ1v) is 7.46. The molecule has 3 fully saturated rings. The molecule has 0 aliphatic heterocycles. The summed E-state index contributed by atoms with van der Waals surface area (Å²) in [6.07, 6.45) is 9.33. The fourth-order valence-electron chi connectivity index (χ4n) is 4.69. The molecule has 86 valence electrons. The van der Waals surface area contributed by atoms with Crippen LogP contribution in [-0.2, 0) is 0 Å². The van der Waals surface area contributed by atoms with Gasteiger partial charge in [-0.1, -0.05) is 6.42 Å². The number of anilines is 1. The minimum Gasteiger partial charge on any atom is -0.358 e. The van der Waals surface area contributed by atoms with Crippen molar-refractivity contribution in [2.45, 2.75) is 38.1 Å². The lowest BCUT2D eigenvalue weighted by molar-refractivity contribution is 0.243. The molecule has 3 saturated carbocycles. The number of rotatable bonds is 2. The number of fused-ring (bicyclic) bond motifs is 5. The van der Waals surface area contributed by atoms with Gasteiger partial charge in [0, 0.05) is 17.6 Å². The third kappa shape index (κ3) is 1.27. The second kappa shape index (κ2) is 3.46. The van der Waals surface area contributed by atoms with Crippen molar-refractivity contribution in [2.24, 2.45) is 23.7 Å². The van der Waals surface area contributed by atoms with Gasteiger partial charge in [-0.3, -0.25) is 0 Å². The lowest BCUT2D eigenvalue weighted by atomic mass is 9.79. The highest BCUT2D eigenvalue weighted by molar-refractivity contribution is 7.13. The monoisotopic (exact) mass is 234 g/mol. The van der Waals surface area contributed by atoms with Crippen molar-refractivity contribution >= 4 is 16.5 Å². The predicted octanol–water partition coefficient (Wildman–Crippen LogP) is 3.38. The normalized spacial score (nSPS) is 44.9. The molecular formula is C13H18N2S. The average molecular weight is 234 g/mol. The summed E-state index contributed by atoms with van der Waals surface area (Å²) >= 11 is 1.74. The van der Waals surface area contributed by atoms with Crippen LogP contribution in [0, 0.1) is 23.7 Å². The topological polar surface area (TPSA) is 24.9 Å². The van der Waals surface area contributed by atoms with Gasteiger partial charge in [0.05, 0.1) is 0 Å². The minimum absolute atomic E-state index is 0.732. The van der Waals surface area contributed by atoms with Crippen molar-refractivity contribution in [3.8, 4) is 0 Å². The highest BCUT2D eigenvalue weighted by atomic mass is 32.1. The Kier molecular flexibility index (Phi) is 2.05. The summed E-state index contributed by atoms with van der Waals surface area (Å²) in [5.41, 5.74) is 0. The number of aromatic nitrogens is 1. The summed E-state index contributed by atoms with van der Waals surface area (Å²) in [6, 6.07) is 0.732. The zero-order valence-corrected chi connectivity index (χ0v) is 10.2. The average Bonchev–Trinajstić information content (AvgIpc) is 2.99. The Labute approximate surface area is 100 Å². The van der Waals surface area contributed by atoms with Crippen LogP contribution in [0.1, 0.15) is 32.1 Å². The van der Waals surface area contributed by atoms with E-state index < -0.39 is 0 Å². The second-order valence-electron chi connectivity index (χ2n) is 5.74. The van der Waals surface area contributed by atoms with E-state index in [4.69, 9.17) is 0 Å². The highest BCUT2D eigenvalue weighted by Gasteiger charge is 2.53. The van der Waals surface area contributed by atoms with E-state index in [-0.39, 0.29) is 0 Å². The molecule has 2 bridgehead atoms. The minimum atomic E-state index is 0.732. The molecule has 1 aromatic heterocycles. The summed E-state index contributed by atoms with van der Waals surface area (Å²) < 4.78 is 0. The van der Waals surface area contributed by atoms with Gasteiger partial charge in [-0.15, -0.1) is 11.3 Å². The molecule has 4 rings (SSSR count). The van der Waals surface area contributed by atoms with Gasteiger partial charge in [0.15, 0.2) is 5.13 Å². The molecule has 3 aliphatic rings. The van der Waals surface area contributed by atoms with Crippen LogP contribution in [0.25, 0.3) is 0 Å². The van der Waals surface area contributed by atoms with Crippen molar-refractivity contribution in [3.05, 3.63) is 11.6 Å². The van der Waals surface area contributed by atoms with E-state index in [9.17, 15) is 0 Å². The van der Waals surface area contributed by atoms with Crippen LogP contribution in [0.2, 0.25) is 0 Å². The first-order valence-electron chi connectivity index (χ1n) is 6.58. The molecule has 0 saturated heterocycles. The number of hydrogen-bond donors (Lipinski definition) is 1. The molecule has 2 nitrogen and oxygen atoms in total. The maximum absolute atomic E-state index is 4.36. The van der Waals surface area contributed by atoms with Crippen LogP contribution in [0.5, 0.6) is 0 Å². The SMILES string of the molecule is c1csc(NC2CC3CC2C2CCCC32)n1. The Balaban J connectivity index is 1.52.